The van der Waals surface area contributed by atoms with Crippen LogP contribution in [0.3, 0.4) is 0 Å². The molecule has 2 aliphatic heterocycles. The zero-order chi connectivity index (χ0) is 18.1. The fourth-order valence-electron chi connectivity index (χ4n) is 2.88. The first-order valence-electron chi connectivity index (χ1n) is 8.08. The van der Waals surface area contributed by atoms with Crippen molar-refractivity contribution in [2.24, 2.45) is 0 Å². The van der Waals surface area contributed by atoms with Gasteiger partial charge in [0.15, 0.2) is 5.75 Å². The van der Waals surface area contributed by atoms with E-state index in [-0.39, 0.29) is 25.1 Å². The van der Waals surface area contributed by atoms with Crippen LogP contribution in [0.4, 0.5) is 10.8 Å². The third-order valence-corrected chi connectivity index (χ3v) is 5.20. The van der Waals surface area contributed by atoms with Crippen molar-refractivity contribution < 1.29 is 19.1 Å². The van der Waals surface area contributed by atoms with Crippen molar-refractivity contribution in [3.05, 3.63) is 28.2 Å². The molecular weight excluding hydrogens is 380 g/mol. The number of carbonyl (C=O) groups is 2. The molecule has 8 nitrogen and oxygen atoms in total. The second-order valence-corrected chi connectivity index (χ2v) is 7.38. The maximum Gasteiger partial charge on any atom is 0.331 e. The van der Waals surface area contributed by atoms with Crippen LogP contribution >= 0.6 is 22.9 Å². The van der Waals surface area contributed by atoms with Gasteiger partial charge in [-0.25, -0.2) is 4.79 Å². The van der Waals surface area contributed by atoms with Gasteiger partial charge in [0.25, 0.3) is 0 Å². The first-order chi connectivity index (χ1) is 12.6. The average molecular weight is 395 g/mol. The van der Waals surface area contributed by atoms with E-state index in [1.54, 1.807) is 23.1 Å². The van der Waals surface area contributed by atoms with Crippen molar-refractivity contribution in [1.82, 2.24) is 10.2 Å². The van der Waals surface area contributed by atoms with Gasteiger partial charge in [0.05, 0.1) is 12.2 Å². The van der Waals surface area contributed by atoms with E-state index in [1.807, 2.05) is 0 Å². The van der Waals surface area contributed by atoms with Gasteiger partial charge in [-0.2, -0.15) is 0 Å². The minimum Gasteiger partial charge on any atom is -0.423 e. The van der Waals surface area contributed by atoms with Gasteiger partial charge in [0.1, 0.15) is 17.7 Å². The fourth-order valence-corrected chi connectivity index (χ4v) is 3.89. The van der Waals surface area contributed by atoms with E-state index in [4.69, 9.17) is 21.1 Å². The third-order valence-electron chi connectivity index (χ3n) is 4.03. The third kappa shape index (κ3) is 3.64. The SMILES string of the molecule is O=C(CN1CC(=O)Oc2ccc(Cl)cc21)Nc1nnc(C2CCCO2)s1. The maximum atomic E-state index is 12.4. The smallest absolute Gasteiger partial charge is 0.331 e. The van der Waals surface area contributed by atoms with Crippen LogP contribution in [-0.2, 0) is 14.3 Å². The van der Waals surface area contributed by atoms with Gasteiger partial charge in [-0.3, -0.25) is 10.1 Å². The molecule has 0 bridgehead atoms. The summed E-state index contributed by atoms with van der Waals surface area (Å²) in [5, 5.41) is 12.5. The number of nitrogens with zero attached hydrogens (tertiary/aromatic N) is 3. The molecule has 10 heteroatoms. The van der Waals surface area contributed by atoms with Crippen LogP contribution in [0.2, 0.25) is 5.02 Å². The molecule has 2 aliphatic rings. The summed E-state index contributed by atoms with van der Waals surface area (Å²) in [5.41, 5.74) is 0.601. The molecule has 0 spiro atoms. The number of aromatic nitrogens is 2. The maximum absolute atomic E-state index is 12.4. The van der Waals surface area contributed by atoms with Crippen molar-refractivity contribution in [1.29, 1.82) is 0 Å². The van der Waals surface area contributed by atoms with Crippen molar-refractivity contribution in [3.8, 4) is 5.75 Å². The first-order valence-corrected chi connectivity index (χ1v) is 9.28. The highest BCUT2D eigenvalue weighted by molar-refractivity contribution is 7.15. The summed E-state index contributed by atoms with van der Waals surface area (Å²) in [6.45, 7) is 0.661. The van der Waals surface area contributed by atoms with Gasteiger partial charge < -0.3 is 14.4 Å². The van der Waals surface area contributed by atoms with Crippen LogP contribution in [0.25, 0.3) is 0 Å². The summed E-state index contributed by atoms with van der Waals surface area (Å²) >= 11 is 7.31. The van der Waals surface area contributed by atoms with Crippen LogP contribution in [0.5, 0.6) is 5.75 Å². The highest BCUT2D eigenvalue weighted by Crippen LogP contribution is 2.34. The molecule has 26 heavy (non-hydrogen) atoms. The number of hydrogen-bond donors (Lipinski definition) is 1. The van der Waals surface area contributed by atoms with Crippen molar-refractivity contribution in [2.75, 3.05) is 29.9 Å². The number of halogens is 1. The lowest BCUT2D eigenvalue weighted by atomic mass is 10.2. The lowest BCUT2D eigenvalue weighted by molar-refractivity contribution is -0.133. The quantitative estimate of drug-likeness (QED) is 0.628. The number of carbonyl (C=O) groups excluding carboxylic acids is 2. The monoisotopic (exact) mass is 394 g/mol. The molecule has 1 atom stereocenters. The summed E-state index contributed by atoms with van der Waals surface area (Å²) in [5.74, 6) is -0.347. The van der Waals surface area contributed by atoms with Gasteiger partial charge >= 0.3 is 5.97 Å². The summed E-state index contributed by atoms with van der Waals surface area (Å²) in [6.07, 6.45) is 1.87. The van der Waals surface area contributed by atoms with Crippen LogP contribution in [-0.4, -0.2) is 41.8 Å². The second-order valence-electron chi connectivity index (χ2n) is 5.94. The molecular formula is C16H15ClN4O4S. The largest absolute Gasteiger partial charge is 0.423 e. The Balaban J connectivity index is 1.44. The topological polar surface area (TPSA) is 93.7 Å². The Bertz CT molecular complexity index is 853. The van der Waals surface area contributed by atoms with E-state index in [2.05, 4.69) is 15.5 Å². The zero-order valence-corrected chi connectivity index (χ0v) is 15.2. The lowest BCUT2D eigenvalue weighted by Gasteiger charge is -2.29. The number of nitrogens with one attached hydrogen (secondary N) is 1. The highest BCUT2D eigenvalue weighted by atomic mass is 35.5. The number of anilines is 2. The summed E-state index contributed by atoms with van der Waals surface area (Å²) in [4.78, 5) is 25.7. The summed E-state index contributed by atoms with van der Waals surface area (Å²) < 4.78 is 10.7. The van der Waals surface area contributed by atoms with Gasteiger partial charge in [0.2, 0.25) is 11.0 Å². The molecule has 1 unspecified atom stereocenters. The summed E-state index contributed by atoms with van der Waals surface area (Å²) in [6, 6.07) is 4.90. The Morgan fingerprint density at radius 2 is 2.31 bits per heavy atom. The fraction of sp³-hybridized carbons (Fsp3) is 0.375. The van der Waals surface area contributed by atoms with Crippen LogP contribution in [0.15, 0.2) is 18.2 Å². The molecule has 2 aromatic rings. The van der Waals surface area contributed by atoms with Gasteiger partial charge in [0, 0.05) is 11.6 Å². The number of amides is 1. The number of ether oxygens (including phenoxy) is 2. The van der Waals surface area contributed by atoms with Gasteiger partial charge in [-0.05, 0) is 31.0 Å². The van der Waals surface area contributed by atoms with E-state index < -0.39 is 5.97 Å². The Labute approximate surface area is 158 Å². The summed E-state index contributed by atoms with van der Waals surface area (Å²) in [7, 11) is 0. The Kier molecular flexibility index (Phi) is 4.75. The van der Waals surface area contributed by atoms with Crippen LogP contribution in [0.1, 0.15) is 24.0 Å². The van der Waals surface area contributed by atoms with Crippen molar-refractivity contribution >= 4 is 45.6 Å². The molecule has 1 fully saturated rings. The number of esters is 1. The van der Waals surface area contributed by atoms with Gasteiger partial charge in [-0.1, -0.05) is 22.9 Å². The van der Waals surface area contributed by atoms with E-state index in [0.29, 0.717) is 21.6 Å². The van der Waals surface area contributed by atoms with Crippen LogP contribution in [0, 0.1) is 0 Å². The number of benzene rings is 1. The minimum absolute atomic E-state index is 0.0297. The average Bonchev–Trinajstić information content (AvgIpc) is 3.26. The highest BCUT2D eigenvalue weighted by Gasteiger charge is 2.27. The molecule has 1 N–H and O–H groups in total. The predicted molar refractivity (Wildman–Crippen MR) is 95.8 cm³/mol. The molecule has 1 aromatic carbocycles. The molecule has 1 amide bonds. The number of fused-ring (bicyclic) bond motifs is 1. The van der Waals surface area contributed by atoms with Crippen molar-refractivity contribution in [2.45, 2.75) is 18.9 Å². The van der Waals surface area contributed by atoms with E-state index in [0.717, 1.165) is 24.5 Å². The van der Waals surface area contributed by atoms with E-state index >= 15 is 0 Å². The lowest BCUT2D eigenvalue weighted by Crippen LogP contribution is -2.41. The molecule has 0 aliphatic carbocycles. The first kappa shape index (κ1) is 17.2. The van der Waals surface area contributed by atoms with Crippen molar-refractivity contribution in [3.63, 3.8) is 0 Å². The standard InChI is InChI=1S/C16H15ClN4O4S/c17-9-3-4-11-10(6-9)21(8-14(23)25-11)7-13(22)18-16-20-19-15(26-16)12-2-1-5-24-12/h3-4,6,12H,1-2,5,7-8H2,(H,18,20,22). The zero-order valence-electron chi connectivity index (χ0n) is 13.6. The van der Waals surface area contributed by atoms with Gasteiger partial charge in [-0.15, -0.1) is 10.2 Å². The Morgan fingerprint density at radius 3 is 3.12 bits per heavy atom. The molecule has 0 saturated carbocycles. The van der Waals surface area contributed by atoms with E-state index in [9.17, 15) is 9.59 Å². The number of rotatable bonds is 4. The van der Waals surface area contributed by atoms with Crippen LogP contribution < -0.4 is 15.0 Å². The Hall–Kier alpha value is -2.23. The number of hydrogen-bond acceptors (Lipinski definition) is 8. The normalized spacial score (nSPS) is 19.2. The second kappa shape index (κ2) is 7.18. The molecule has 4 rings (SSSR count). The predicted octanol–water partition coefficient (Wildman–Crippen LogP) is 2.41. The molecule has 0 radical (unpaired) electrons. The van der Waals surface area contributed by atoms with E-state index in [1.165, 1.54) is 11.3 Å². The molecule has 3 heterocycles. The molecule has 1 saturated heterocycles. The minimum atomic E-state index is -0.427. The molecule has 1 aromatic heterocycles. The molecule has 136 valence electrons. The Morgan fingerprint density at radius 1 is 1.42 bits per heavy atom.